The molecule has 0 amide bonds. The van der Waals surface area contributed by atoms with Crippen molar-refractivity contribution in [3.05, 3.63) is 41.9 Å². The van der Waals surface area contributed by atoms with Crippen LogP contribution in [-0.2, 0) is 0 Å². The van der Waals surface area contributed by atoms with Gasteiger partial charge in [0, 0.05) is 24.6 Å². The molecule has 3 N–H and O–H groups in total. The van der Waals surface area contributed by atoms with Crippen molar-refractivity contribution in [1.29, 1.82) is 0 Å². The predicted molar refractivity (Wildman–Crippen MR) is 91.0 cm³/mol. The zero-order chi connectivity index (χ0) is 15.4. The van der Waals surface area contributed by atoms with Gasteiger partial charge in [0.25, 0.3) is 0 Å². The minimum atomic E-state index is 0.521. The Labute approximate surface area is 132 Å². The quantitative estimate of drug-likeness (QED) is 0.886. The Bertz CT molecular complexity index is 615. The van der Waals surface area contributed by atoms with E-state index in [4.69, 9.17) is 10.7 Å². The number of nitrogens with one attached hydrogen (secondary N) is 1. The summed E-state index contributed by atoms with van der Waals surface area (Å²) in [4.78, 5) is 9.50. The second-order valence-corrected chi connectivity index (χ2v) is 6.05. The van der Waals surface area contributed by atoms with Crippen molar-refractivity contribution in [2.24, 2.45) is 5.73 Å². The predicted octanol–water partition coefficient (Wildman–Crippen LogP) is 3.48. The number of hydrogen-bond acceptors (Lipinski definition) is 4. The summed E-state index contributed by atoms with van der Waals surface area (Å²) in [5.74, 6) is 1.51. The largest absolute Gasteiger partial charge is 0.381 e. The molecular weight excluding hydrogens is 272 g/mol. The van der Waals surface area contributed by atoms with Crippen LogP contribution in [0.4, 0.5) is 5.69 Å². The van der Waals surface area contributed by atoms with E-state index in [0.717, 1.165) is 29.3 Å². The molecule has 2 aromatic rings. The fourth-order valence-electron chi connectivity index (χ4n) is 3.04. The van der Waals surface area contributed by atoms with Crippen LogP contribution in [0.5, 0.6) is 0 Å². The molecule has 0 atom stereocenters. The third kappa shape index (κ3) is 3.28. The number of nitrogens with two attached hydrogens (primary N) is 1. The molecule has 1 heterocycles. The standard InChI is InChI=1S/C18H24N4/c1-13-6-8-14(9-7-13)17-16(20-11-10-19)12-21-18(22-17)15-4-2-3-5-15/h6-9,12,15,20H,2-5,10-11,19H2,1H3. The average Bonchev–Trinajstić information content (AvgIpc) is 3.08. The topological polar surface area (TPSA) is 63.8 Å². The van der Waals surface area contributed by atoms with Crippen LogP contribution in [0, 0.1) is 6.92 Å². The van der Waals surface area contributed by atoms with Gasteiger partial charge >= 0.3 is 0 Å². The van der Waals surface area contributed by atoms with Gasteiger partial charge < -0.3 is 11.1 Å². The van der Waals surface area contributed by atoms with Crippen molar-refractivity contribution in [2.75, 3.05) is 18.4 Å². The number of benzene rings is 1. The molecular formula is C18H24N4. The lowest BCUT2D eigenvalue weighted by atomic mass is 10.1. The summed E-state index contributed by atoms with van der Waals surface area (Å²) in [5.41, 5.74) is 9.96. The lowest BCUT2D eigenvalue weighted by Crippen LogP contribution is -2.15. The SMILES string of the molecule is Cc1ccc(-c2nc(C3CCCC3)ncc2NCCN)cc1. The highest BCUT2D eigenvalue weighted by Crippen LogP contribution is 2.34. The van der Waals surface area contributed by atoms with Gasteiger partial charge in [-0.1, -0.05) is 42.7 Å². The first-order valence-corrected chi connectivity index (χ1v) is 8.16. The maximum Gasteiger partial charge on any atom is 0.132 e. The van der Waals surface area contributed by atoms with Gasteiger partial charge in [0.2, 0.25) is 0 Å². The molecule has 0 radical (unpaired) electrons. The van der Waals surface area contributed by atoms with Crippen molar-refractivity contribution < 1.29 is 0 Å². The second kappa shape index (κ2) is 6.88. The number of rotatable bonds is 5. The van der Waals surface area contributed by atoms with E-state index in [-0.39, 0.29) is 0 Å². The Morgan fingerprint density at radius 1 is 1.18 bits per heavy atom. The van der Waals surface area contributed by atoms with Gasteiger partial charge in [0.15, 0.2) is 0 Å². The Morgan fingerprint density at radius 2 is 1.91 bits per heavy atom. The van der Waals surface area contributed by atoms with Crippen molar-refractivity contribution in [2.45, 2.75) is 38.5 Å². The minimum Gasteiger partial charge on any atom is -0.381 e. The van der Waals surface area contributed by atoms with Gasteiger partial charge in [-0.25, -0.2) is 9.97 Å². The Kier molecular flexibility index (Phi) is 4.68. The van der Waals surface area contributed by atoms with Gasteiger partial charge in [0.1, 0.15) is 5.82 Å². The Balaban J connectivity index is 1.97. The summed E-state index contributed by atoms with van der Waals surface area (Å²) < 4.78 is 0. The van der Waals surface area contributed by atoms with E-state index in [0.29, 0.717) is 12.5 Å². The fourth-order valence-corrected chi connectivity index (χ4v) is 3.04. The van der Waals surface area contributed by atoms with Crippen LogP contribution in [-0.4, -0.2) is 23.1 Å². The van der Waals surface area contributed by atoms with E-state index in [2.05, 4.69) is 41.5 Å². The molecule has 0 unspecified atom stereocenters. The number of aromatic nitrogens is 2. The van der Waals surface area contributed by atoms with Crippen LogP contribution in [0.1, 0.15) is 43.0 Å². The molecule has 116 valence electrons. The number of nitrogens with zero attached hydrogens (tertiary/aromatic N) is 2. The summed E-state index contributed by atoms with van der Waals surface area (Å²) in [7, 11) is 0. The van der Waals surface area contributed by atoms with Crippen molar-refractivity contribution in [3.63, 3.8) is 0 Å². The molecule has 1 saturated carbocycles. The van der Waals surface area contributed by atoms with E-state index in [1.54, 1.807) is 0 Å². The van der Waals surface area contributed by atoms with Gasteiger partial charge in [-0.3, -0.25) is 0 Å². The highest BCUT2D eigenvalue weighted by atomic mass is 15.0. The molecule has 0 bridgehead atoms. The molecule has 1 aliphatic rings. The van der Waals surface area contributed by atoms with E-state index in [1.165, 1.54) is 31.2 Å². The fraction of sp³-hybridized carbons (Fsp3) is 0.444. The average molecular weight is 296 g/mol. The van der Waals surface area contributed by atoms with E-state index in [9.17, 15) is 0 Å². The van der Waals surface area contributed by atoms with E-state index in [1.807, 2.05) is 6.20 Å². The third-order valence-electron chi connectivity index (χ3n) is 4.31. The molecule has 3 rings (SSSR count). The first-order valence-electron chi connectivity index (χ1n) is 8.16. The molecule has 1 aromatic heterocycles. The van der Waals surface area contributed by atoms with Gasteiger partial charge in [-0.05, 0) is 19.8 Å². The van der Waals surface area contributed by atoms with Gasteiger partial charge in [0.05, 0.1) is 17.6 Å². The van der Waals surface area contributed by atoms with Crippen LogP contribution in [0.2, 0.25) is 0 Å². The zero-order valence-electron chi connectivity index (χ0n) is 13.2. The zero-order valence-corrected chi connectivity index (χ0v) is 13.2. The molecule has 4 heteroatoms. The van der Waals surface area contributed by atoms with E-state index < -0.39 is 0 Å². The first-order chi connectivity index (χ1) is 10.8. The summed E-state index contributed by atoms with van der Waals surface area (Å²) in [6, 6.07) is 8.51. The van der Waals surface area contributed by atoms with Gasteiger partial charge in [-0.2, -0.15) is 0 Å². The molecule has 1 aromatic carbocycles. The summed E-state index contributed by atoms with van der Waals surface area (Å²) >= 11 is 0. The van der Waals surface area contributed by atoms with Crippen molar-refractivity contribution in [1.82, 2.24) is 9.97 Å². The lowest BCUT2D eigenvalue weighted by Gasteiger charge is -2.14. The first kappa shape index (κ1) is 15.0. The summed E-state index contributed by atoms with van der Waals surface area (Å²) in [5, 5.41) is 3.34. The minimum absolute atomic E-state index is 0.521. The number of anilines is 1. The van der Waals surface area contributed by atoms with Crippen molar-refractivity contribution >= 4 is 5.69 Å². The van der Waals surface area contributed by atoms with Crippen LogP contribution in [0.15, 0.2) is 30.5 Å². The molecule has 0 aliphatic heterocycles. The molecule has 0 spiro atoms. The highest BCUT2D eigenvalue weighted by molar-refractivity contribution is 5.73. The smallest absolute Gasteiger partial charge is 0.132 e. The van der Waals surface area contributed by atoms with Gasteiger partial charge in [-0.15, -0.1) is 0 Å². The van der Waals surface area contributed by atoms with Crippen LogP contribution in [0.3, 0.4) is 0 Å². The molecule has 0 saturated heterocycles. The Morgan fingerprint density at radius 3 is 2.59 bits per heavy atom. The van der Waals surface area contributed by atoms with Crippen LogP contribution in [0.25, 0.3) is 11.3 Å². The highest BCUT2D eigenvalue weighted by Gasteiger charge is 2.21. The van der Waals surface area contributed by atoms with Crippen LogP contribution < -0.4 is 11.1 Å². The van der Waals surface area contributed by atoms with E-state index >= 15 is 0 Å². The molecule has 1 fully saturated rings. The number of hydrogen-bond donors (Lipinski definition) is 2. The molecule has 22 heavy (non-hydrogen) atoms. The van der Waals surface area contributed by atoms with Crippen LogP contribution >= 0.6 is 0 Å². The normalized spacial score (nSPS) is 15.2. The molecule has 4 nitrogen and oxygen atoms in total. The third-order valence-corrected chi connectivity index (χ3v) is 4.31. The maximum atomic E-state index is 5.61. The summed E-state index contributed by atoms with van der Waals surface area (Å²) in [6.45, 7) is 3.42. The monoisotopic (exact) mass is 296 g/mol. The lowest BCUT2D eigenvalue weighted by molar-refractivity contribution is 0.669. The summed E-state index contributed by atoms with van der Waals surface area (Å²) in [6.07, 6.45) is 6.93. The Hall–Kier alpha value is -1.94. The number of aryl methyl sites for hydroxylation is 1. The molecule has 1 aliphatic carbocycles. The maximum absolute atomic E-state index is 5.61. The second-order valence-electron chi connectivity index (χ2n) is 6.05. The van der Waals surface area contributed by atoms with Crippen molar-refractivity contribution in [3.8, 4) is 11.3 Å².